The third-order valence-electron chi connectivity index (χ3n) is 4.54. The molecule has 1 aromatic heterocycles. The van der Waals surface area contributed by atoms with Gasteiger partial charge in [-0.1, -0.05) is 44.4 Å². The summed E-state index contributed by atoms with van der Waals surface area (Å²) in [6.07, 6.45) is 6.19. The summed E-state index contributed by atoms with van der Waals surface area (Å²) in [6, 6.07) is 10.5. The molecule has 1 aromatic carbocycles. The summed E-state index contributed by atoms with van der Waals surface area (Å²) in [5, 5.41) is 22.1. The van der Waals surface area contributed by atoms with Crippen molar-refractivity contribution in [3.05, 3.63) is 30.0 Å². The maximum atomic E-state index is 9.34. The lowest BCUT2D eigenvalue weighted by Gasteiger charge is -2.32. The Kier molecular flexibility index (Phi) is 4.01. The summed E-state index contributed by atoms with van der Waals surface area (Å²) in [5.74, 6) is 0.678. The number of nitrogens with one attached hydrogen (secondary N) is 1. The van der Waals surface area contributed by atoms with E-state index < -0.39 is 0 Å². The fourth-order valence-corrected chi connectivity index (χ4v) is 3.35. The molecule has 0 saturated heterocycles. The molecular weight excluding hydrogens is 260 g/mol. The summed E-state index contributed by atoms with van der Waals surface area (Å²) < 4.78 is 0. The van der Waals surface area contributed by atoms with Gasteiger partial charge in [0, 0.05) is 11.4 Å². The van der Waals surface area contributed by atoms with Crippen molar-refractivity contribution in [2.24, 2.45) is 5.92 Å². The predicted octanol–water partition coefficient (Wildman–Crippen LogP) is 3.88. The minimum atomic E-state index is 0.397. The summed E-state index contributed by atoms with van der Waals surface area (Å²) in [6.45, 7) is 2.25. The zero-order valence-corrected chi connectivity index (χ0v) is 12.3. The van der Waals surface area contributed by atoms with Gasteiger partial charge in [-0.25, -0.2) is 0 Å². The maximum Gasteiger partial charge on any atom is 0.186 e. The quantitative estimate of drug-likeness (QED) is 0.926. The number of nitrogens with zero attached hydrogens (tertiary/aromatic N) is 3. The van der Waals surface area contributed by atoms with Crippen molar-refractivity contribution >= 4 is 16.6 Å². The summed E-state index contributed by atoms with van der Waals surface area (Å²) in [7, 11) is 0. The minimum absolute atomic E-state index is 0.397. The largest absolute Gasteiger partial charge is 0.379 e. The number of hydrogen-bond acceptors (Lipinski definition) is 4. The van der Waals surface area contributed by atoms with Crippen LogP contribution in [0.4, 0.5) is 5.69 Å². The van der Waals surface area contributed by atoms with Crippen molar-refractivity contribution in [1.29, 1.82) is 5.26 Å². The van der Waals surface area contributed by atoms with Crippen LogP contribution in [0.2, 0.25) is 0 Å². The second-order valence-electron chi connectivity index (χ2n) is 5.76. The van der Waals surface area contributed by atoms with Crippen molar-refractivity contribution in [2.45, 2.75) is 45.1 Å². The van der Waals surface area contributed by atoms with Crippen LogP contribution in [0.25, 0.3) is 10.9 Å². The van der Waals surface area contributed by atoms with E-state index in [0.29, 0.717) is 17.7 Å². The van der Waals surface area contributed by atoms with E-state index in [1.807, 2.05) is 24.3 Å². The van der Waals surface area contributed by atoms with Gasteiger partial charge in [-0.2, -0.15) is 5.26 Å². The Balaban J connectivity index is 2.00. The first-order chi connectivity index (χ1) is 10.3. The fourth-order valence-electron chi connectivity index (χ4n) is 3.35. The van der Waals surface area contributed by atoms with Crippen LogP contribution in [-0.2, 0) is 0 Å². The van der Waals surface area contributed by atoms with Crippen LogP contribution in [0.5, 0.6) is 0 Å². The molecule has 1 fully saturated rings. The van der Waals surface area contributed by atoms with Crippen molar-refractivity contribution in [2.75, 3.05) is 5.32 Å². The molecule has 21 heavy (non-hydrogen) atoms. The van der Waals surface area contributed by atoms with Gasteiger partial charge in [-0.3, -0.25) is 0 Å². The van der Waals surface area contributed by atoms with Crippen molar-refractivity contribution in [3.8, 4) is 6.07 Å². The number of aromatic nitrogens is 2. The van der Waals surface area contributed by atoms with Crippen molar-refractivity contribution in [3.63, 3.8) is 0 Å². The SMILES string of the molecule is CCC1CCCCC1Nc1c(C#N)nnc2ccccc12. The van der Waals surface area contributed by atoms with Crippen LogP contribution in [0.1, 0.15) is 44.7 Å². The molecule has 1 aliphatic rings. The number of benzene rings is 1. The van der Waals surface area contributed by atoms with Gasteiger partial charge >= 0.3 is 0 Å². The van der Waals surface area contributed by atoms with E-state index >= 15 is 0 Å². The van der Waals surface area contributed by atoms with Crippen molar-refractivity contribution < 1.29 is 0 Å². The van der Waals surface area contributed by atoms with E-state index in [2.05, 4.69) is 28.5 Å². The van der Waals surface area contributed by atoms with Crippen LogP contribution >= 0.6 is 0 Å². The Labute approximate surface area is 125 Å². The summed E-state index contributed by atoms with van der Waals surface area (Å²) >= 11 is 0. The normalized spacial score (nSPS) is 21.9. The van der Waals surface area contributed by atoms with Gasteiger partial charge in [0.05, 0.1) is 11.2 Å². The van der Waals surface area contributed by atoms with E-state index in [1.54, 1.807) is 0 Å². The lowest BCUT2D eigenvalue weighted by atomic mass is 9.82. The highest BCUT2D eigenvalue weighted by Gasteiger charge is 2.25. The molecule has 2 aromatic rings. The second-order valence-corrected chi connectivity index (χ2v) is 5.76. The molecule has 1 heterocycles. The van der Waals surface area contributed by atoms with Gasteiger partial charge < -0.3 is 5.32 Å². The van der Waals surface area contributed by atoms with Crippen LogP contribution in [0.3, 0.4) is 0 Å². The standard InChI is InChI=1S/C17H20N4/c1-2-12-7-3-5-9-14(12)19-17-13-8-4-6-10-15(13)20-21-16(17)11-18/h4,6,8,10,12,14H,2-3,5,7,9H2,1H3,(H,19,20). The molecule has 1 saturated carbocycles. The molecule has 1 N–H and O–H groups in total. The highest BCUT2D eigenvalue weighted by molar-refractivity contribution is 5.92. The van der Waals surface area contributed by atoms with E-state index in [-0.39, 0.29) is 0 Å². The second kappa shape index (κ2) is 6.09. The summed E-state index contributed by atoms with van der Waals surface area (Å²) in [5.41, 5.74) is 2.09. The zero-order chi connectivity index (χ0) is 14.7. The van der Waals surface area contributed by atoms with E-state index in [9.17, 15) is 5.26 Å². The number of rotatable bonds is 3. The highest BCUT2D eigenvalue weighted by atomic mass is 15.1. The molecule has 0 aliphatic heterocycles. The average molecular weight is 280 g/mol. The van der Waals surface area contributed by atoms with Crippen LogP contribution in [0.15, 0.2) is 24.3 Å². The number of anilines is 1. The first-order valence-corrected chi connectivity index (χ1v) is 7.75. The smallest absolute Gasteiger partial charge is 0.186 e. The fraction of sp³-hybridized carbons (Fsp3) is 0.471. The first-order valence-electron chi connectivity index (χ1n) is 7.75. The molecule has 3 rings (SSSR count). The monoisotopic (exact) mass is 280 g/mol. The Bertz CT molecular complexity index is 674. The Morgan fingerprint density at radius 3 is 2.86 bits per heavy atom. The molecular formula is C17H20N4. The van der Waals surface area contributed by atoms with Gasteiger partial charge in [0.2, 0.25) is 0 Å². The van der Waals surface area contributed by atoms with Gasteiger partial charge in [0.1, 0.15) is 6.07 Å². The molecule has 4 heteroatoms. The Morgan fingerprint density at radius 2 is 2.05 bits per heavy atom. The first kappa shape index (κ1) is 13.8. The van der Waals surface area contributed by atoms with Crippen LogP contribution in [0, 0.1) is 17.2 Å². The number of hydrogen-bond donors (Lipinski definition) is 1. The number of fused-ring (bicyclic) bond motifs is 1. The van der Waals surface area contributed by atoms with Crippen LogP contribution < -0.4 is 5.32 Å². The molecule has 0 radical (unpaired) electrons. The van der Waals surface area contributed by atoms with E-state index in [4.69, 9.17) is 0 Å². The lowest BCUT2D eigenvalue weighted by molar-refractivity contribution is 0.317. The molecule has 108 valence electrons. The topological polar surface area (TPSA) is 61.6 Å². The van der Waals surface area contributed by atoms with E-state index in [1.165, 1.54) is 32.1 Å². The minimum Gasteiger partial charge on any atom is -0.379 e. The molecule has 2 unspecified atom stereocenters. The van der Waals surface area contributed by atoms with Gasteiger partial charge in [0.15, 0.2) is 5.69 Å². The van der Waals surface area contributed by atoms with Gasteiger partial charge in [-0.05, 0) is 24.8 Å². The third-order valence-corrected chi connectivity index (χ3v) is 4.54. The maximum absolute atomic E-state index is 9.34. The molecule has 0 spiro atoms. The number of nitriles is 1. The van der Waals surface area contributed by atoms with Gasteiger partial charge in [0.25, 0.3) is 0 Å². The zero-order valence-electron chi connectivity index (χ0n) is 12.3. The molecule has 4 nitrogen and oxygen atoms in total. The van der Waals surface area contributed by atoms with Crippen LogP contribution in [-0.4, -0.2) is 16.2 Å². The highest BCUT2D eigenvalue weighted by Crippen LogP contribution is 2.32. The van der Waals surface area contributed by atoms with E-state index in [0.717, 1.165) is 16.6 Å². The molecule has 0 amide bonds. The van der Waals surface area contributed by atoms with Gasteiger partial charge in [-0.15, -0.1) is 10.2 Å². The Morgan fingerprint density at radius 1 is 1.24 bits per heavy atom. The molecule has 2 atom stereocenters. The average Bonchev–Trinajstić information content (AvgIpc) is 2.55. The Hall–Kier alpha value is -2.15. The summed E-state index contributed by atoms with van der Waals surface area (Å²) in [4.78, 5) is 0. The molecule has 1 aliphatic carbocycles. The lowest BCUT2D eigenvalue weighted by Crippen LogP contribution is -2.32. The van der Waals surface area contributed by atoms with Crippen molar-refractivity contribution in [1.82, 2.24) is 10.2 Å². The molecule has 0 bridgehead atoms. The predicted molar refractivity (Wildman–Crippen MR) is 83.9 cm³/mol. The third kappa shape index (κ3) is 2.69.